The highest BCUT2D eigenvalue weighted by Crippen LogP contribution is 2.27. The molecule has 1 saturated heterocycles. The minimum Gasteiger partial charge on any atom is -0.398 e. The van der Waals surface area contributed by atoms with Crippen LogP contribution in [-0.4, -0.2) is 37.9 Å². The van der Waals surface area contributed by atoms with Gasteiger partial charge in [-0.05, 0) is 29.3 Å². The summed E-state index contributed by atoms with van der Waals surface area (Å²) in [6.45, 7) is 1.91. The molecule has 124 valence electrons. The third kappa shape index (κ3) is 3.75. The number of nitrogen functional groups attached to an aromatic ring is 1. The highest BCUT2D eigenvalue weighted by Gasteiger charge is 2.21. The van der Waals surface area contributed by atoms with Crippen molar-refractivity contribution in [2.24, 2.45) is 0 Å². The zero-order valence-corrected chi connectivity index (χ0v) is 14.1. The second kappa shape index (κ2) is 6.63. The maximum atomic E-state index is 11.5. The number of nitriles is 1. The summed E-state index contributed by atoms with van der Waals surface area (Å²) in [6, 6.07) is 15.4. The zero-order valence-electron chi connectivity index (χ0n) is 13.3. The van der Waals surface area contributed by atoms with Crippen LogP contribution >= 0.6 is 0 Å². The molecule has 1 aliphatic heterocycles. The maximum absolute atomic E-state index is 11.5. The van der Waals surface area contributed by atoms with Crippen LogP contribution in [0.5, 0.6) is 0 Å². The molecule has 2 N–H and O–H groups in total. The van der Waals surface area contributed by atoms with E-state index in [0.717, 1.165) is 23.2 Å². The van der Waals surface area contributed by atoms with Crippen molar-refractivity contribution in [3.63, 3.8) is 0 Å². The largest absolute Gasteiger partial charge is 0.398 e. The van der Waals surface area contributed by atoms with Gasteiger partial charge < -0.3 is 5.73 Å². The lowest BCUT2D eigenvalue weighted by Crippen LogP contribution is -2.39. The van der Waals surface area contributed by atoms with Crippen LogP contribution < -0.4 is 5.73 Å². The fourth-order valence-electron chi connectivity index (χ4n) is 2.83. The van der Waals surface area contributed by atoms with Crippen molar-refractivity contribution < 1.29 is 8.42 Å². The number of rotatable bonds is 3. The molecular formula is C18H19N3O2S. The number of nitrogens with two attached hydrogens (primary N) is 1. The van der Waals surface area contributed by atoms with E-state index in [9.17, 15) is 8.42 Å². The molecule has 24 heavy (non-hydrogen) atoms. The van der Waals surface area contributed by atoms with E-state index in [0.29, 0.717) is 24.3 Å². The van der Waals surface area contributed by atoms with Gasteiger partial charge in [0.2, 0.25) is 0 Å². The third-order valence-corrected chi connectivity index (χ3v) is 5.90. The van der Waals surface area contributed by atoms with Gasteiger partial charge in [-0.25, -0.2) is 8.42 Å². The van der Waals surface area contributed by atoms with Crippen LogP contribution in [0, 0.1) is 11.3 Å². The number of anilines is 1. The Morgan fingerprint density at radius 2 is 1.75 bits per heavy atom. The van der Waals surface area contributed by atoms with Crippen LogP contribution in [0.3, 0.4) is 0 Å². The summed E-state index contributed by atoms with van der Waals surface area (Å²) in [7, 11) is -2.84. The summed E-state index contributed by atoms with van der Waals surface area (Å²) in [4.78, 5) is 2.15. The monoisotopic (exact) mass is 341 g/mol. The van der Waals surface area contributed by atoms with Crippen LogP contribution in [0.1, 0.15) is 11.1 Å². The molecule has 0 unspecified atom stereocenters. The van der Waals surface area contributed by atoms with Crippen LogP contribution in [0.2, 0.25) is 0 Å². The van der Waals surface area contributed by atoms with E-state index in [2.05, 4.69) is 11.0 Å². The molecule has 2 aromatic carbocycles. The molecule has 0 bridgehead atoms. The standard InChI is InChI=1S/C18H19N3O2S/c19-12-15-3-6-18(20)17(11-15)16-4-1-14(2-5-16)13-21-7-9-24(22,23)10-8-21/h1-6,11H,7-10,13,20H2. The van der Waals surface area contributed by atoms with E-state index >= 15 is 0 Å². The van der Waals surface area contributed by atoms with Gasteiger partial charge in [-0.3, -0.25) is 4.90 Å². The Morgan fingerprint density at radius 3 is 2.38 bits per heavy atom. The van der Waals surface area contributed by atoms with Gasteiger partial charge >= 0.3 is 0 Å². The van der Waals surface area contributed by atoms with E-state index in [1.54, 1.807) is 18.2 Å². The predicted molar refractivity (Wildman–Crippen MR) is 94.9 cm³/mol. The van der Waals surface area contributed by atoms with Gasteiger partial charge in [0.15, 0.2) is 9.84 Å². The van der Waals surface area contributed by atoms with Gasteiger partial charge in [-0.15, -0.1) is 0 Å². The average molecular weight is 341 g/mol. The zero-order chi connectivity index (χ0) is 17.2. The number of sulfone groups is 1. The molecule has 0 aliphatic carbocycles. The lowest BCUT2D eigenvalue weighted by atomic mass is 10.00. The summed E-state index contributed by atoms with van der Waals surface area (Å²) < 4.78 is 22.9. The van der Waals surface area contributed by atoms with Gasteiger partial charge in [0.25, 0.3) is 0 Å². The first-order valence-electron chi connectivity index (χ1n) is 7.78. The summed E-state index contributed by atoms with van der Waals surface area (Å²) in [6.07, 6.45) is 0. The summed E-state index contributed by atoms with van der Waals surface area (Å²) in [5.74, 6) is 0.477. The third-order valence-electron chi connectivity index (χ3n) is 4.29. The number of nitrogens with zero attached hydrogens (tertiary/aromatic N) is 2. The molecule has 5 nitrogen and oxygen atoms in total. The minimum absolute atomic E-state index is 0.239. The van der Waals surface area contributed by atoms with E-state index in [-0.39, 0.29) is 11.5 Å². The van der Waals surface area contributed by atoms with Crippen LogP contribution in [-0.2, 0) is 16.4 Å². The molecule has 1 fully saturated rings. The van der Waals surface area contributed by atoms with Crippen molar-refractivity contribution in [1.82, 2.24) is 4.90 Å². The highest BCUT2D eigenvalue weighted by atomic mass is 32.2. The molecule has 0 saturated carbocycles. The molecule has 0 aromatic heterocycles. The quantitative estimate of drug-likeness (QED) is 0.863. The fraction of sp³-hybridized carbons (Fsp3) is 0.278. The van der Waals surface area contributed by atoms with Gasteiger partial charge in [0, 0.05) is 30.9 Å². The summed E-state index contributed by atoms with van der Waals surface area (Å²) in [5.41, 5.74) is 10.2. The first kappa shape index (κ1) is 16.5. The first-order chi connectivity index (χ1) is 11.5. The highest BCUT2D eigenvalue weighted by molar-refractivity contribution is 7.91. The minimum atomic E-state index is -2.84. The number of hydrogen-bond acceptors (Lipinski definition) is 5. The average Bonchev–Trinajstić information content (AvgIpc) is 2.58. The lowest BCUT2D eigenvalue weighted by Gasteiger charge is -2.26. The Labute approximate surface area is 142 Å². The molecule has 6 heteroatoms. The van der Waals surface area contributed by atoms with Crippen LogP contribution in [0.25, 0.3) is 11.1 Å². The smallest absolute Gasteiger partial charge is 0.152 e. The first-order valence-corrected chi connectivity index (χ1v) is 9.61. The second-order valence-corrected chi connectivity index (χ2v) is 8.34. The Morgan fingerprint density at radius 1 is 1.08 bits per heavy atom. The van der Waals surface area contributed by atoms with Crippen molar-refractivity contribution in [1.29, 1.82) is 5.26 Å². The van der Waals surface area contributed by atoms with E-state index < -0.39 is 9.84 Å². The molecule has 3 rings (SSSR count). The second-order valence-electron chi connectivity index (χ2n) is 6.04. The van der Waals surface area contributed by atoms with Crippen LogP contribution in [0.4, 0.5) is 5.69 Å². The maximum Gasteiger partial charge on any atom is 0.152 e. The Kier molecular flexibility index (Phi) is 4.56. The number of benzene rings is 2. The summed E-state index contributed by atoms with van der Waals surface area (Å²) >= 11 is 0. The van der Waals surface area contributed by atoms with Gasteiger partial charge in [0.1, 0.15) is 0 Å². The van der Waals surface area contributed by atoms with Crippen molar-refractivity contribution in [3.8, 4) is 17.2 Å². The molecule has 0 atom stereocenters. The Hall–Kier alpha value is -2.36. The molecule has 1 aliphatic rings. The molecular weight excluding hydrogens is 322 g/mol. The molecule has 1 heterocycles. The lowest BCUT2D eigenvalue weighted by molar-refractivity contribution is 0.287. The van der Waals surface area contributed by atoms with Gasteiger partial charge in [-0.2, -0.15) is 5.26 Å². The SMILES string of the molecule is N#Cc1ccc(N)c(-c2ccc(CN3CCS(=O)(=O)CC3)cc2)c1. The van der Waals surface area contributed by atoms with Crippen molar-refractivity contribution >= 4 is 15.5 Å². The molecule has 2 aromatic rings. The van der Waals surface area contributed by atoms with Gasteiger partial charge in [-0.1, -0.05) is 24.3 Å². The number of hydrogen-bond donors (Lipinski definition) is 1. The van der Waals surface area contributed by atoms with Crippen molar-refractivity contribution in [2.75, 3.05) is 30.3 Å². The Balaban J connectivity index is 1.73. The van der Waals surface area contributed by atoms with E-state index in [1.165, 1.54) is 0 Å². The topological polar surface area (TPSA) is 87.2 Å². The van der Waals surface area contributed by atoms with Crippen LogP contribution in [0.15, 0.2) is 42.5 Å². The predicted octanol–water partition coefficient (Wildman–Crippen LogP) is 2.04. The Bertz CT molecular complexity index is 869. The fourth-order valence-corrected chi connectivity index (χ4v) is 4.11. The van der Waals surface area contributed by atoms with E-state index in [4.69, 9.17) is 11.0 Å². The molecule has 0 spiro atoms. The van der Waals surface area contributed by atoms with E-state index in [1.807, 2.05) is 24.3 Å². The van der Waals surface area contributed by atoms with Crippen molar-refractivity contribution in [3.05, 3.63) is 53.6 Å². The molecule has 0 radical (unpaired) electrons. The normalized spacial score (nSPS) is 17.3. The summed E-state index contributed by atoms with van der Waals surface area (Å²) in [5, 5.41) is 9.02. The molecule has 0 amide bonds. The van der Waals surface area contributed by atoms with Gasteiger partial charge in [0.05, 0.1) is 23.1 Å². The van der Waals surface area contributed by atoms with Crippen molar-refractivity contribution in [2.45, 2.75) is 6.54 Å².